The van der Waals surface area contributed by atoms with Crippen LogP contribution in [0.15, 0.2) is 28.7 Å². The van der Waals surface area contributed by atoms with Crippen molar-refractivity contribution in [3.63, 3.8) is 0 Å². The Morgan fingerprint density at radius 2 is 2.24 bits per heavy atom. The van der Waals surface area contributed by atoms with Gasteiger partial charge < -0.3 is 14.4 Å². The largest absolute Gasteiger partial charge is 0.475 e. The van der Waals surface area contributed by atoms with Gasteiger partial charge in [-0.2, -0.15) is 5.48 Å². The summed E-state index contributed by atoms with van der Waals surface area (Å²) in [5.74, 6) is -1.12. The fourth-order valence-corrected chi connectivity index (χ4v) is 1.67. The summed E-state index contributed by atoms with van der Waals surface area (Å²) in [6.07, 6.45) is 0. The van der Waals surface area contributed by atoms with Crippen molar-refractivity contribution >= 4 is 16.9 Å². The predicted octanol–water partition coefficient (Wildman–Crippen LogP) is 2.17. The lowest BCUT2D eigenvalue weighted by molar-refractivity contribution is 0.0456. The van der Waals surface area contributed by atoms with Gasteiger partial charge in [0.15, 0.2) is 0 Å². The molecule has 0 aliphatic heterocycles. The van der Waals surface area contributed by atoms with Gasteiger partial charge >= 0.3 is 5.97 Å². The van der Waals surface area contributed by atoms with Crippen LogP contribution in [-0.2, 0) is 11.4 Å². The van der Waals surface area contributed by atoms with Crippen molar-refractivity contribution in [3.8, 4) is 0 Å². The minimum absolute atomic E-state index is 0.0431. The molecule has 0 bridgehead atoms. The van der Waals surface area contributed by atoms with Crippen molar-refractivity contribution in [1.29, 1.82) is 0 Å². The van der Waals surface area contributed by atoms with Gasteiger partial charge in [0.1, 0.15) is 5.58 Å². The Bertz CT molecular complexity index is 532. The highest BCUT2D eigenvalue weighted by atomic mass is 16.6. The number of fused-ring (bicyclic) bond motifs is 1. The van der Waals surface area contributed by atoms with Crippen molar-refractivity contribution in [2.45, 2.75) is 13.5 Å². The van der Waals surface area contributed by atoms with E-state index in [1.807, 2.05) is 19.1 Å². The van der Waals surface area contributed by atoms with E-state index in [0.717, 1.165) is 5.39 Å². The molecule has 0 fully saturated rings. The summed E-state index contributed by atoms with van der Waals surface area (Å²) in [6.45, 7) is 2.66. The average Bonchev–Trinajstić information content (AvgIpc) is 2.69. The van der Waals surface area contributed by atoms with E-state index in [9.17, 15) is 4.79 Å². The molecule has 0 spiro atoms. The van der Waals surface area contributed by atoms with Crippen LogP contribution in [0, 0.1) is 0 Å². The van der Waals surface area contributed by atoms with Gasteiger partial charge in [0.2, 0.25) is 5.76 Å². The number of hydrogen-bond acceptors (Lipinski definition) is 4. The Kier molecular flexibility index (Phi) is 3.41. The van der Waals surface area contributed by atoms with E-state index in [4.69, 9.17) is 14.4 Å². The third-order valence-corrected chi connectivity index (χ3v) is 2.39. The Morgan fingerprint density at radius 3 is 2.94 bits per heavy atom. The first kappa shape index (κ1) is 11.6. The zero-order chi connectivity index (χ0) is 12.3. The van der Waals surface area contributed by atoms with Crippen LogP contribution in [0.2, 0.25) is 0 Å². The van der Waals surface area contributed by atoms with E-state index >= 15 is 0 Å². The lowest BCUT2D eigenvalue weighted by Crippen LogP contribution is -2.15. The van der Waals surface area contributed by atoms with Gasteiger partial charge in [0.05, 0.1) is 13.2 Å². The quantitative estimate of drug-likeness (QED) is 0.613. The highest BCUT2D eigenvalue weighted by Crippen LogP contribution is 2.25. The highest BCUT2D eigenvalue weighted by Gasteiger charge is 2.19. The molecule has 5 nitrogen and oxygen atoms in total. The first-order valence-electron chi connectivity index (χ1n) is 5.32. The number of aromatic carboxylic acids is 1. The molecular weight excluding hydrogens is 222 g/mol. The fraction of sp³-hybridized carbons (Fsp3) is 0.250. The molecule has 5 heteroatoms. The topological polar surface area (TPSA) is 71.7 Å². The number of para-hydroxylation sites is 1. The van der Waals surface area contributed by atoms with Gasteiger partial charge in [-0.05, 0) is 13.0 Å². The molecule has 17 heavy (non-hydrogen) atoms. The minimum atomic E-state index is -1.07. The summed E-state index contributed by atoms with van der Waals surface area (Å²) in [5.41, 5.74) is 3.87. The zero-order valence-corrected chi connectivity index (χ0v) is 9.40. The fourth-order valence-electron chi connectivity index (χ4n) is 1.67. The van der Waals surface area contributed by atoms with E-state index in [1.165, 1.54) is 0 Å². The third kappa shape index (κ3) is 2.30. The van der Waals surface area contributed by atoms with Gasteiger partial charge in [-0.3, -0.25) is 0 Å². The SMILES string of the molecule is CCONCc1c(C(=O)O)oc2ccccc12. The average molecular weight is 235 g/mol. The molecule has 2 aromatic rings. The maximum Gasteiger partial charge on any atom is 0.372 e. The number of carboxylic acids is 1. The summed E-state index contributed by atoms with van der Waals surface area (Å²) < 4.78 is 5.30. The van der Waals surface area contributed by atoms with Gasteiger partial charge in [-0.15, -0.1) is 0 Å². The molecule has 0 aliphatic carbocycles. The van der Waals surface area contributed by atoms with Crippen LogP contribution < -0.4 is 5.48 Å². The van der Waals surface area contributed by atoms with Crippen molar-refractivity contribution in [2.24, 2.45) is 0 Å². The number of rotatable bonds is 5. The molecule has 2 N–H and O–H groups in total. The van der Waals surface area contributed by atoms with Crippen LogP contribution in [0.3, 0.4) is 0 Å². The molecule has 0 amide bonds. The molecule has 0 unspecified atom stereocenters. The van der Waals surface area contributed by atoms with Gasteiger partial charge in [0.25, 0.3) is 0 Å². The van der Waals surface area contributed by atoms with Crippen molar-refractivity contribution < 1.29 is 19.2 Å². The molecule has 0 aliphatic rings. The van der Waals surface area contributed by atoms with Crippen LogP contribution in [-0.4, -0.2) is 17.7 Å². The predicted molar refractivity (Wildman–Crippen MR) is 61.6 cm³/mol. The highest BCUT2D eigenvalue weighted by molar-refractivity contribution is 5.95. The van der Waals surface area contributed by atoms with Crippen LogP contribution in [0.25, 0.3) is 11.0 Å². The van der Waals surface area contributed by atoms with E-state index in [-0.39, 0.29) is 5.76 Å². The molecule has 0 saturated carbocycles. The summed E-state index contributed by atoms with van der Waals surface area (Å²) in [5, 5.41) is 9.85. The summed E-state index contributed by atoms with van der Waals surface area (Å²) in [6, 6.07) is 7.21. The lowest BCUT2D eigenvalue weighted by atomic mass is 10.1. The van der Waals surface area contributed by atoms with Crippen molar-refractivity contribution in [2.75, 3.05) is 6.61 Å². The van der Waals surface area contributed by atoms with Crippen molar-refractivity contribution in [1.82, 2.24) is 5.48 Å². The van der Waals surface area contributed by atoms with E-state index in [0.29, 0.717) is 24.3 Å². The maximum absolute atomic E-state index is 11.1. The number of furan rings is 1. The Hall–Kier alpha value is -1.85. The van der Waals surface area contributed by atoms with Crippen LogP contribution in [0.5, 0.6) is 0 Å². The second-order valence-corrected chi connectivity index (χ2v) is 3.47. The number of carbonyl (C=O) groups is 1. The summed E-state index contributed by atoms with van der Waals surface area (Å²) in [4.78, 5) is 16.1. The smallest absolute Gasteiger partial charge is 0.372 e. The Labute approximate surface area is 97.9 Å². The maximum atomic E-state index is 11.1. The number of benzene rings is 1. The molecule has 0 radical (unpaired) electrons. The van der Waals surface area contributed by atoms with Gasteiger partial charge in [0, 0.05) is 10.9 Å². The van der Waals surface area contributed by atoms with E-state index in [1.54, 1.807) is 12.1 Å². The van der Waals surface area contributed by atoms with E-state index in [2.05, 4.69) is 5.48 Å². The molecule has 90 valence electrons. The summed E-state index contributed by atoms with van der Waals surface area (Å²) >= 11 is 0. The van der Waals surface area contributed by atoms with Crippen LogP contribution >= 0.6 is 0 Å². The third-order valence-electron chi connectivity index (χ3n) is 2.39. The standard InChI is InChI=1S/C12H13NO4/c1-2-16-13-7-9-8-5-3-4-6-10(8)17-11(9)12(14)15/h3-6,13H,2,7H2,1H3,(H,14,15). The van der Waals surface area contributed by atoms with Gasteiger partial charge in [-0.25, -0.2) is 4.79 Å². The number of nitrogens with one attached hydrogen (secondary N) is 1. The second-order valence-electron chi connectivity index (χ2n) is 3.47. The molecule has 2 rings (SSSR count). The van der Waals surface area contributed by atoms with Crippen LogP contribution in [0.1, 0.15) is 23.0 Å². The molecule has 0 saturated heterocycles. The number of hydroxylamine groups is 1. The first-order chi connectivity index (χ1) is 8.24. The Balaban J connectivity index is 2.41. The second kappa shape index (κ2) is 4.99. The number of carboxylic acid groups (broad SMARTS) is 1. The summed E-state index contributed by atoms with van der Waals surface area (Å²) in [7, 11) is 0. The first-order valence-corrected chi connectivity index (χ1v) is 5.32. The lowest BCUT2D eigenvalue weighted by Gasteiger charge is -2.02. The molecule has 1 heterocycles. The zero-order valence-electron chi connectivity index (χ0n) is 9.40. The molecule has 1 aromatic carbocycles. The molecular formula is C12H13NO4. The molecule has 0 atom stereocenters. The van der Waals surface area contributed by atoms with Crippen LogP contribution in [0.4, 0.5) is 0 Å². The van der Waals surface area contributed by atoms with Gasteiger partial charge in [-0.1, -0.05) is 18.2 Å². The van der Waals surface area contributed by atoms with Crippen molar-refractivity contribution in [3.05, 3.63) is 35.6 Å². The monoisotopic (exact) mass is 235 g/mol. The van der Waals surface area contributed by atoms with E-state index < -0.39 is 5.97 Å². The molecule has 1 aromatic heterocycles. The number of hydrogen-bond donors (Lipinski definition) is 2. The Morgan fingerprint density at radius 1 is 1.47 bits per heavy atom. The minimum Gasteiger partial charge on any atom is -0.475 e. The normalized spacial score (nSPS) is 10.9.